The monoisotopic (exact) mass is 166 g/mol. The quantitative estimate of drug-likeness (QED) is 0.407. The molecular formula is C12H22. The molecule has 0 bridgehead atoms. The van der Waals surface area contributed by atoms with Crippen LogP contribution in [0.5, 0.6) is 0 Å². The fraction of sp³-hybridized carbons (Fsp3) is 0.667. The molecule has 0 aliphatic rings. The van der Waals surface area contributed by atoms with Gasteiger partial charge in [-0.05, 0) is 18.8 Å². The van der Waals surface area contributed by atoms with Crippen molar-refractivity contribution >= 4 is 0 Å². The van der Waals surface area contributed by atoms with Crippen molar-refractivity contribution in [2.24, 2.45) is 5.92 Å². The molecule has 0 nitrogen and oxygen atoms in total. The number of rotatable bonds is 6. The lowest BCUT2D eigenvalue weighted by atomic mass is 10.2. The minimum atomic E-state index is 0.672. The van der Waals surface area contributed by atoms with Crippen molar-refractivity contribution in [1.82, 2.24) is 0 Å². The molecule has 0 saturated heterocycles. The molecule has 12 heavy (non-hydrogen) atoms. The predicted octanol–water partition coefficient (Wildman–Crippen LogP) is 4.34. The topological polar surface area (TPSA) is 0 Å². The maximum Gasteiger partial charge on any atom is -0.0287 e. The minimum absolute atomic E-state index is 0.672. The van der Waals surface area contributed by atoms with Crippen LogP contribution in [0.3, 0.4) is 0 Å². The second kappa shape index (κ2) is 8.58. The Morgan fingerprint density at radius 3 is 2.42 bits per heavy atom. The molecule has 70 valence electrons. The van der Waals surface area contributed by atoms with Crippen LogP contribution in [0.4, 0.5) is 0 Å². The minimum Gasteiger partial charge on any atom is -0.0845 e. The van der Waals surface area contributed by atoms with Gasteiger partial charge in [0.1, 0.15) is 0 Å². The summed E-state index contributed by atoms with van der Waals surface area (Å²) in [5.41, 5.74) is 0. The number of hydrogen-bond donors (Lipinski definition) is 0. The molecule has 0 heterocycles. The first-order valence-electron chi connectivity index (χ1n) is 5.10. The van der Waals surface area contributed by atoms with E-state index in [9.17, 15) is 0 Å². The summed E-state index contributed by atoms with van der Waals surface area (Å²) in [5.74, 6) is 0.672. The van der Waals surface area contributed by atoms with Crippen molar-refractivity contribution in [3.8, 4) is 0 Å². The van der Waals surface area contributed by atoms with Gasteiger partial charge in [0, 0.05) is 0 Å². The van der Waals surface area contributed by atoms with Gasteiger partial charge in [-0.1, -0.05) is 57.9 Å². The molecule has 0 aromatic rings. The van der Waals surface area contributed by atoms with E-state index in [1.54, 1.807) is 0 Å². The van der Waals surface area contributed by atoms with Crippen LogP contribution in [0.2, 0.25) is 0 Å². The number of allylic oxidation sites excluding steroid dienone is 4. The maximum absolute atomic E-state index is 2.26. The van der Waals surface area contributed by atoms with E-state index in [0.717, 1.165) is 0 Å². The first kappa shape index (κ1) is 11.5. The molecule has 0 heteroatoms. The average Bonchev–Trinajstić information content (AvgIpc) is 2.02. The molecule has 0 atom stereocenters. The Hall–Kier alpha value is -0.520. The standard InChI is InChI=1S/C12H22/c1-4-5-6-7-8-9-10-11-12(2)3/h8-12H,4-7H2,1-3H3/b9-8+,11-10+. The van der Waals surface area contributed by atoms with Crippen molar-refractivity contribution in [2.75, 3.05) is 0 Å². The highest BCUT2D eigenvalue weighted by molar-refractivity contribution is 5.03. The Kier molecular flexibility index (Phi) is 8.20. The van der Waals surface area contributed by atoms with Gasteiger partial charge in [0.15, 0.2) is 0 Å². The van der Waals surface area contributed by atoms with Crippen LogP contribution in [0.1, 0.15) is 46.5 Å². The predicted molar refractivity (Wildman–Crippen MR) is 57.3 cm³/mol. The van der Waals surface area contributed by atoms with Gasteiger partial charge in [0.2, 0.25) is 0 Å². The van der Waals surface area contributed by atoms with E-state index in [4.69, 9.17) is 0 Å². The molecule has 0 N–H and O–H groups in total. The second-order valence-electron chi connectivity index (χ2n) is 3.55. The molecule has 0 aliphatic heterocycles. The summed E-state index contributed by atoms with van der Waals surface area (Å²) in [7, 11) is 0. The van der Waals surface area contributed by atoms with Gasteiger partial charge in [-0.15, -0.1) is 0 Å². The lowest BCUT2D eigenvalue weighted by Gasteiger charge is -1.91. The van der Waals surface area contributed by atoms with Gasteiger partial charge in [-0.25, -0.2) is 0 Å². The summed E-state index contributed by atoms with van der Waals surface area (Å²) in [6, 6.07) is 0. The van der Waals surface area contributed by atoms with E-state index >= 15 is 0 Å². The van der Waals surface area contributed by atoms with E-state index in [0.29, 0.717) is 5.92 Å². The van der Waals surface area contributed by atoms with Crippen molar-refractivity contribution < 1.29 is 0 Å². The van der Waals surface area contributed by atoms with Crippen LogP contribution in [0, 0.1) is 5.92 Å². The van der Waals surface area contributed by atoms with Crippen LogP contribution in [0.15, 0.2) is 24.3 Å². The molecule has 0 spiro atoms. The molecule has 0 aliphatic carbocycles. The van der Waals surface area contributed by atoms with Crippen molar-refractivity contribution in [1.29, 1.82) is 0 Å². The lowest BCUT2D eigenvalue weighted by molar-refractivity contribution is 0.729. The van der Waals surface area contributed by atoms with Gasteiger partial charge in [-0.3, -0.25) is 0 Å². The van der Waals surface area contributed by atoms with Crippen molar-refractivity contribution in [2.45, 2.75) is 46.5 Å². The van der Waals surface area contributed by atoms with Crippen LogP contribution in [-0.4, -0.2) is 0 Å². The summed E-state index contributed by atoms with van der Waals surface area (Å²) in [5, 5.41) is 0. The Balaban J connectivity index is 3.25. The average molecular weight is 166 g/mol. The van der Waals surface area contributed by atoms with E-state index in [1.807, 2.05) is 0 Å². The summed E-state index contributed by atoms with van der Waals surface area (Å²) < 4.78 is 0. The van der Waals surface area contributed by atoms with Crippen LogP contribution in [-0.2, 0) is 0 Å². The largest absolute Gasteiger partial charge is 0.0845 e. The molecule has 0 fully saturated rings. The first-order chi connectivity index (χ1) is 5.77. The summed E-state index contributed by atoms with van der Waals surface area (Å²) >= 11 is 0. The highest BCUT2D eigenvalue weighted by Crippen LogP contribution is 2.00. The van der Waals surface area contributed by atoms with Crippen LogP contribution >= 0.6 is 0 Å². The summed E-state index contributed by atoms with van der Waals surface area (Å²) in [4.78, 5) is 0. The number of hydrogen-bond acceptors (Lipinski definition) is 0. The van der Waals surface area contributed by atoms with Crippen LogP contribution in [0.25, 0.3) is 0 Å². The number of unbranched alkanes of at least 4 members (excludes halogenated alkanes) is 3. The van der Waals surface area contributed by atoms with E-state index < -0.39 is 0 Å². The Morgan fingerprint density at radius 2 is 1.83 bits per heavy atom. The summed E-state index contributed by atoms with van der Waals surface area (Å²) in [6.07, 6.45) is 14.0. The third-order valence-electron chi connectivity index (χ3n) is 1.72. The Labute approximate surface area is 77.4 Å². The van der Waals surface area contributed by atoms with Crippen molar-refractivity contribution in [3.05, 3.63) is 24.3 Å². The fourth-order valence-corrected chi connectivity index (χ4v) is 0.973. The van der Waals surface area contributed by atoms with E-state index in [1.165, 1.54) is 25.7 Å². The molecule has 0 aromatic heterocycles. The molecule has 0 unspecified atom stereocenters. The van der Waals surface area contributed by atoms with E-state index in [-0.39, 0.29) is 0 Å². The molecule has 0 amide bonds. The highest BCUT2D eigenvalue weighted by Gasteiger charge is 1.81. The van der Waals surface area contributed by atoms with Gasteiger partial charge in [-0.2, -0.15) is 0 Å². The van der Waals surface area contributed by atoms with Crippen LogP contribution < -0.4 is 0 Å². The molecule has 0 rings (SSSR count). The fourth-order valence-electron chi connectivity index (χ4n) is 0.973. The molecule has 0 radical (unpaired) electrons. The maximum atomic E-state index is 2.26. The van der Waals surface area contributed by atoms with E-state index in [2.05, 4.69) is 45.1 Å². The van der Waals surface area contributed by atoms with Gasteiger partial charge < -0.3 is 0 Å². The molecule has 0 saturated carbocycles. The van der Waals surface area contributed by atoms with Gasteiger partial charge in [0.05, 0.1) is 0 Å². The van der Waals surface area contributed by atoms with Crippen molar-refractivity contribution in [3.63, 3.8) is 0 Å². The molecule has 0 aromatic carbocycles. The lowest BCUT2D eigenvalue weighted by Crippen LogP contribution is -1.74. The summed E-state index contributed by atoms with van der Waals surface area (Å²) in [6.45, 7) is 6.63. The zero-order valence-corrected chi connectivity index (χ0v) is 8.72. The SMILES string of the molecule is CCCCC/C=C/C=C/C(C)C. The first-order valence-corrected chi connectivity index (χ1v) is 5.10. The Morgan fingerprint density at radius 1 is 1.08 bits per heavy atom. The smallest absolute Gasteiger partial charge is 0.0287 e. The van der Waals surface area contributed by atoms with Gasteiger partial charge >= 0.3 is 0 Å². The third-order valence-corrected chi connectivity index (χ3v) is 1.72. The normalized spacial score (nSPS) is 12.3. The zero-order valence-electron chi connectivity index (χ0n) is 8.72. The zero-order chi connectivity index (χ0) is 9.23. The van der Waals surface area contributed by atoms with Gasteiger partial charge in [0.25, 0.3) is 0 Å². The highest BCUT2D eigenvalue weighted by atomic mass is 13.9. The second-order valence-corrected chi connectivity index (χ2v) is 3.55. The molecular weight excluding hydrogens is 144 g/mol. The third kappa shape index (κ3) is 9.48. The Bertz CT molecular complexity index is 129.